The highest BCUT2D eigenvalue weighted by atomic mass is 19.4. The largest absolute Gasteiger partial charge is 0.490 e. The maximum atomic E-state index is 12.9. The standard InChI is InChI=1S/C18H23N7O.C2HF3O2/c1-23-16(26)14-15(21-17(23)20)22-18(24-9-5-8-13(19)11-24)25(14)10-12-6-3-2-4-7-12;3-2(4,5)1(6)7/h2-4,6-7,13H,5,8-11,19H2,1H3,(H2,20,21);(H,6,7). The number of anilines is 2. The smallest absolute Gasteiger partial charge is 0.475 e. The Morgan fingerprint density at radius 3 is 2.45 bits per heavy atom. The number of hydrogen-bond donors (Lipinski definition) is 3. The van der Waals surface area contributed by atoms with Gasteiger partial charge in [0.25, 0.3) is 5.56 Å². The maximum absolute atomic E-state index is 12.9. The van der Waals surface area contributed by atoms with Gasteiger partial charge >= 0.3 is 12.1 Å². The van der Waals surface area contributed by atoms with Gasteiger partial charge in [-0.25, -0.2) is 4.79 Å². The van der Waals surface area contributed by atoms with Gasteiger partial charge in [-0.15, -0.1) is 0 Å². The first kappa shape index (κ1) is 24.0. The molecule has 178 valence electrons. The molecule has 0 radical (unpaired) electrons. The van der Waals surface area contributed by atoms with E-state index in [0.29, 0.717) is 24.3 Å². The van der Waals surface area contributed by atoms with E-state index in [1.54, 1.807) is 7.05 Å². The molecule has 1 fully saturated rings. The third kappa shape index (κ3) is 5.42. The lowest BCUT2D eigenvalue weighted by atomic mass is 10.1. The SMILES string of the molecule is Cn1c(N)nc2nc(N3CCCC(N)C3)n(Cc3ccccc3)c2c1=O.O=C(O)C(F)(F)F. The highest BCUT2D eigenvalue weighted by Gasteiger charge is 2.38. The predicted octanol–water partition coefficient (Wildman–Crippen LogP) is 1.32. The Bertz CT molecular complexity index is 1190. The number of carboxylic acids is 1. The molecule has 0 bridgehead atoms. The van der Waals surface area contributed by atoms with Crippen molar-refractivity contribution in [3.63, 3.8) is 0 Å². The number of rotatable bonds is 3. The zero-order valence-electron chi connectivity index (χ0n) is 17.8. The summed E-state index contributed by atoms with van der Waals surface area (Å²) in [5, 5.41) is 7.12. The predicted molar refractivity (Wildman–Crippen MR) is 116 cm³/mol. The van der Waals surface area contributed by atoms with E-state index >= 15 is 0 Å². The first-order valence-corrected chi connectivity index (χ1v) is 10.1. The van der Waals surface area contributed by atoms with E-state index < -0.39 is 12.1 Å². The van der Waals surface area contributed by atoms with Gasteiger partial charge in [0.15, 0.2) is 11.2 Å². The lowest BCUT2D eigenvalue weighted by Crippen LogP contribution is -2.44. The number of halogens is 3. The van der Waals surface area contributed by atoms with Gasteiger partial charge in [-0.3, -0.25) is 13.9 Å². The van der Waals surface area contributed by atoms with Crippen LogP contribution in [0.1, 0.15) is 18.4 Å². The van der Waals surface area contributed by atoms with Crippen molar-refractivity contribution in [2.75, 3.05) is 23.7 Å². The molecule has 1 saturated heterocycles. The van der Waals surface area contributed by atoms with Crippen molar-refractivity contribution in [1.29, 1.82) is 0 Å². The zero-order chi connectivity index (χ0) is 24.3. The van der Waals surface area contributed by atoms with Crippen molar-refractivity contribution in [2.45, 2.75) is 31.6 Å². The van der Waals surface area contributed by atoms with Crippen LogP contribution in [0, 0.1) is 0 Å². The van der Waals surface area contributed by atoms with Crippen LogP contribution in [0.15, 0.2) is 35.1 Å². The normalized spacial score (nSPS) is 16.4. The molecule has 1 aliphatic rings. The third-order valence-corrected chi connectivity index (χ3v) is 5.17. The van der Waals surface area contributed by atoms with E-state index in [-0.39, 0.29) is 17.5 Å². The van der Waals surface area contributed by atoms with Gasteiger partial charge in [0, 0.05) is 26.2 Å². The number of benzene rings is 1. The van der Waals surface area contributed by atoms with Crippen molar-refractivity contribution in [2.24, 2.45) is 12.8 Å². The van der Waals surface area contributed by atoms with Crippen LogP contribution in [-0.2, 0) is 18.4 Å². The van der Waals surface area contributed by atoms with Gasteiger partial charge in [0.2, 0.25) is 11.9 Å². The minimum absolute atomic E-state index is 0.106. The van der Waals surface area contributed by atoms with Crippen LogP contribution in [-0.4, -0.2) is 55.5 Å². The number of piperidine rings is 1. The Balaban J connectivity index is 0.000000383. The first-order chi connectivity index (χ1) is 15.5. The average Bonchev–Trinajstić information content (AvgIpc) is 3.10. The summed E-state index contributed by atoms with van der Waals surface area (Å²) in [7, 11) is 1.63. The summed E-state index contributed by atoms with van der Waals surface area (Å²) < 4.78 is 35.0. The Labute approximate surface area is 186 Å². The molecular formula is C20H24F3N7O3. The van der Waals surface area contributed by atoms with Crippen molar-refractivity contribution < 1.29 is 23.1 Å². The van der Waals surface area contributed by atoms with Gasteiger partial charge in [0.1, 0.15) is 0 Å². The molecule has 4 rings (SSSR count). The molecule has 1 atom stereocenters. The number of hydrogen-bond acceptors (Lipinski definition) is 7. The molecule has 1 unspecified atom stereocenters. The third-order valence-electron chi connectivity index (χ3n) is 5.17. The van der Waals surface area contributed by atoms with E-state index in [9.17, 15) is 18.0 Å². The van der Waals surface area contributed by atoms with Crippen LogP contribution < -0.4 is 21.9 Å². The van der Waals surface area contributed by atoms with Crippen molar-refractivity contribution in [3.8, 4) is 0 Å². The summed E-state index contributed by atoms with van der Waals surface area (Å²) in [6.45, 7) is 2.12. The lowest BCUT2D eigenvalue weighted by molar-refractivity contribution is -0.192. The summed E-state index contributed by atoms with van der Waals surface area (Å²) >= 11 is 0. The Morgan fingerprint density at radius 2 is 1.88 bits per heavy atom. The van der Waals surface area contributed by atoms with Crippen LogP contribution in [0.2, 0.25) is 0 Å². The molecule has 0 spiro atoms. The van der Waals surface area contributed by atoms with E-state index in [4.69, 9.17) is 21.4 Å². The van der Waals surface area contributed by atoms with E-state index in [0.717, 1.165) is 30.9 Å². The van der Waals surface area contributed by atoms with Crippen LogP contribution in [0.3, 0.4) is 0 Å². The quantitative estimate of drug-likeness (QED) is 0.523. The molecule has 1 aliphatic heterocycles. The molecular weight excluding hydrogens is 443 g/mol. The summed E-state index contributed by atoms with van der Waals surface area (Å²) in [5.74, 6) is -1.87. The number of nitrogens with two attached hydrogens (primary N) is 2. The molecule has 1 aromatic carbocycles. The topological polar surface area (TPSA) is 145 Å². The van der Waals surface area contributed by atoms with Gasteiger partial charge in [-0.2, -0.15) is 23.1 Å². The highest BCUT2D eigenvalue weighted by molar-refractivity contribution is 5.75. The van der Waals surface area contributed by atoms with Gasteiger partial charge in [0.05, 0.1) is 6.54 Å². The van der Waals surface area contributed by atoms with E-state index in [2.05, 4.69) is 14.9 Å². The molecule has 0 saturated carbocycles. The monoisotopic (exact) mass is 467 g/mol. The van der Waals surface area contributed by atoms with Gasteiger partial charge < -0.3 is 21.5 Å². The molecule has 33 heavy (non-hydrogen) atoms. The summed E-state index contributed by atoms with van der Waals surface area (Å²) in [6.07, 6.45) is -3.08. The minimum Gasteiger partial charge on any atom is -0.475 e. The molecule has 0 amide bonds. The summed E-state index contributed by atoms with van der Waals surface area (Å²) in [5.41, 5.74) is 13.8. The fraction of sp³-hybridized carbons (Fsp3) is 0.400. The lowest BCUT2D eigenvalue weighted by Gasteiger charge is -2.31. The number of carbonyl (C=O) groups is 1. The molecule has 3 aromatic rings. The number of aromatic nitrogens is 4. The Morgan fingerprint density at radius 1 is 1.24 bits per heavy atom. The second-order valence-electron chi connectivity index (χ2n) is 7.64. The minimum atomic E-state index is -5.08. The first-order valence-electron chi connectivity index (χ1n) is 10.1. The van der Waals surface area contributed by atoms with Crippen LogP contribution in [0.4, 0.5) is 25.1 Å². The summed E-state index contributed by atoms with van der Waals surface area (Å²) in [4.78, 5) is 32.9. The number of aliphatic carboxylic acids is 1. The fourth-order valence-corrected chi connectivity index (χ4v) is 3.51. The Kier molecular flexibility index (Phi) is 6.91. The van der Waals surface area contributed by atoms with Crippen LogP contribution in [0.5, 0.6) is 0 Å². The van der Waals surface area contributed by atoms with Crippen LogP contribution >= 0.6 is 0 Å². The number of alkyl halides is 3. The van der Waals surface area contributed by atoms with Crippen molar-refractivity contribution in [3.05, 3.63) is 46.2 Å². The highest BCUT2D eigenvalue weighted by Crippen LogP contribution is 2.24. The fourth-order valence-electron chi connectivity index (χ4n) is 3.51. The Hall–Kier alpha value is -3.61. The number of imidazole rings is 1. The summed E-state index contributed by atoms with van der Waals surface area (Å²) in [6, 6.07) is 10.1. The van der Waals surface area contributed by atoms with Gasteiger partial charge in [-0.1, -0.05) is 30.3 Å². The molecule has 5 N–H and O–H groups in total. The molecule has 3 heterocycles. The van der Waals surface area contributed by atoms with Crippen molar-refractivity contribution in [1.82, 2.24) is 19.1 Å². The second-order valence-corrected chi connectivity index (χ2v) is 7.64. The molecule has 13 heteroatoms. The molecule has 0 aliphatic carbocycles. The zero-order valence-corrected chi connectivity index (χ0v) is 17.8. The van der Waals surface area contributed by atoms with Crippen LogP contribution in [0.25, 0.3) is 11.2 Å². The van der Waals surface area contributed by atoms with Gasteiger partial charge in [-0.05, 0) is 18.4 Å². The number of carboxylic acid groups (broad SMARTS) is 1. The average molecular weight is 467 g/mol. The number of nitrogens with zero attached hydrogens (tertiary/aromatic N) is 5. The number of nitrogen functional groups attached to an aromatic ring is 1. The van der Waals surface area contributed by atoms with Crippen molar-refractivity contribution >= 4 is 29.0 Å². The van der Waals surface area contributed by atoms with E-state index in [1.165, 1.54) is 4.57 Å². The molecule has 2 aromatic heterocycles. The maximum Gasteiger partial charge on any atom is 0.490 e. The van der Waals surface area contributed by atoms with E-state index in [1.807, 2.05) is 34.9 Å². The number of fused-ring (bicyclic) bond motifs is 1. The molecule has 10 nitrogen and oxygen atoms in total. The second kappa shape index (κ2) is 9.48.